The van der Waals surface area contributed by atoms with Gasteiger partial charge in [-0.25, -0.2) is 0 Å². The van der Waals surface area contributed by atoms with Crippen molar-refractivity contribution < 1.29 is 9.84 Å². The van der Waals surface area contributed by atoms with Crippen molar-refractivity contribution in [2.24, 2.45) is 0 Å². The number of nitrogens with one attached hydrogen (secondary N) is 1. The lowest BCUT2D eigenvalue weighted by molar-refractivity contribution is 0.341. The van der Waals surface area contributed by atoms with Crippen molar-refractivity contribution in [3.8, 4) is 11.5 Å². The second-order valence-corrected chi connectivity index (χ2v) is 4.39. The summed E-state index contributed by atoms with van der Waals surface area (Å²) in [4.78, 5) is 0. The number of para-hydroxylation sites is 2. The van der Waals surface area contributed by atoms with Crippen LogP contribution in [0.2, 0.25) is 0 Å². The Bertz CT molecular complexity index is 523. The van der Waals surface area contributed by atoms with Crippen LogP contribution < -0.4 is 10.1 Å². The van der Waals surface area contributed by atoms with Crippen molar-refractivity contribution in [2.75, 3.05) is 11.9 Å². The number of hydrogen-bond acceptors (Lipinski definition) is 3. The molecule has 0 saturated heterocycles. The van der Waals surface area contributed by atoms with Crippen LogP contribution in [0, 0.1) is 0 Å². The topological polar surface area (TPSA) is 41.5 Å². The molecule has 0 saturated carbocycles. The second kappa shape index (κ2) is 6.14. The summed E-state index contributed by atoms with van der Waals surface area (Å²) in [6.07, 6.45) is 0. The van der Waals surface area contributed by atoms with Crippen LogP contribution in [0.3, 0.4) is 0 Å². The van der Waals surface area contributed by atoms with Gasteiger partial charge >= 0.3 is 0 Å². The lowest BCUT2D eigenvalue weighted by atomic mass is 10.1. The third kappa shape index (κ3) is 3.41. The zero-order chi connectivity index (χ0) is 13.7. The fraction of sp³-hybridized carbons (Fsp3) is 0.250. The third-order valence-electron chi connectivity index (χ3n) is 2.95. The second-order valence-electron chi connectivity index (χ2n) is 4.39. The van der Waals surface area contributed by atoms with E-state index in [0.29, 0.717) is 6.61 Å². The number of hydrogen-bond donors (Lipinski definition) is 2. The predicted molar refractivity (Wildman–Crippen MR) is 77.8 cm³/mol. The molecule has 1 unspecified atom stereocenters. The number of anilines is 1. The van der Waals surface area contributed by atoms with E-state index >= 15 is 0 Å². The molecular formula is C16H19NO2. The Morgan fingerprint density at radius 2 is 1.79 bits per heavy atom. The van der Waals surface area contributed by atoms with Crippen molar-refractivity contribution in [1.29, 1.82) is 0 Å². The van der Waals surface area contributed by atoms with Crippen molar-refractivity contribution in [1.82, 2.24) is 0 Å². The van der Waals surface area contributed by atoms with E-state index in [1.165, 1.54) is 0 Å². The Hall–Kier alpha value is -2.16. The van der Waals surface area contributed by atoms with E-state index in [4.69, 9.17) is 4.74 Å². The van der Waals surface area contributed by atoms with Gasteiger partial charge in [0, 0.05) is 6.04 Å². The first kappa shape index (κ1) is 13.3. The van der Waals surface area contributed by atoms with Gasteiger partial charge in [0.2, 0.25) is 0 Å². The maximum Gasteiger partial charge on any atom is 0.142 e. The van der Waals surface area contributed by atoms with Crippen LogP contribution in [-0.4, -0.2) is 11.7 Å². The van der Waals surface area contributed by atoms with Crippen molar-refractivity contribution >= 4 is 5.69 Å². The normalized spacial score (nSPS) is 11.9. The summed E-state index contributed by atoms with van der Waals surface area (Å²) in [7, 11) is 0. The van der Waals surface area contributed by atoms with E-state index < -0.39 is 0 Å². The molecule has 0 spiro atoms. The van der Waals surface area contributed by atoms with Gasteiger partial charge in [0.1, 0.15) is 11.5 Å². The van der Waals surface area contributed by atoms with Gasteiger partial charge in [0.15, 0.2) is 0 Å². The molecule has 0 heterocycles. The highest BCUT2D eigenvalue weighted by Crippen LogP contribution is 2.28. The molecule has 0 radical (unpaired) electrons. The van der Waals surface area contributed by atoms with E-state index in [1.807, 2.05) is 43.3 Å². The predicted octanol–water partition coefficient (Wildman–Crippen LogP) is 3.96. The quantitative estimate of drug-likeness (QED) is 0.851. The van der Waals surface area contributed by atoms with Crippen LogP contribution in [0.5, 0.6) is 11.5 Å². The average Bonchev–Trinajstić information content (AvgIpc) is 2.42. The van der Waals surface area contributed by atoms with Gasteiger partial charge in [-0.2, -0.15) is 0 Å². The van der Waals surface area contributed by atoms with Gasteiger partial charge in [-0.15, -0.1) is 0 Å². The summed E-state index contributed by atoms with van der Waals surface area (Å²) < 4.78 is 5.59. The molecule has 19 heavy (non-hydrogen) atoms. The molecular weight excluding hydrogens is 238 g/mol. The molecule has 0 aliphatic rings. The molecule has 0 bridgehead atoms. The molecule has 0 aliphatic heterocycles. The van der Waals surface area contributed by atoms with Crippen LogP contribution in [0.25, 0.3) is 0 Å². The van der Waals surface area contributed by atoms with Gasteiger partial charge < -0.3 is 15.2 Å². The van der Waals surface area contributed by atoms with Crippen molar-refractivity contribution in [2.45, 2.75) is 19.9 Å². The highest BCUT2D eigenvalue weighted by atomic mass is 16.5. The molecule has 0 aromatic heterocycles. The smallest absolute Gasteiger partial charge is 0.142 e. The van der Waals surface area contributed by atoms with Crippen LogP contribution in [0.4, 0.5) is 5.69 Å². The molecule has 3 heteroatoms. The Morgan fingerprint density at radius 1 is 1.11 bits per heavy atom. The fourth-order valence-electron chi connectivity index (χ4n) is 1.95. The zero-order valence-corrected chi connectivity index (χ0v) is 11.3. The van der Waals surface area contributed by atoms with E-state index in [9.17, 15) is 5.11 Å². The first-order valence-electron chi connectivity index (χ1n) is 6.48. The SMILES string of the molecule is CCOc1ccccc1NC(C)c1ccc(O)cc1. The number of phenols is 1. The van der Waals surface area contributed by atoms with Gasteiger partial charge in [0.25, 0.3) is 0 Å². The molecule has 3 nitrogen and oxygen atoms in total. The van der Waals surface area contributed by atoms with E-state index in [2.05, 4.69) is 12.2 Å². The van der Waals surface area contributed by atoms with Gasteiger partial charge in [-0.05, 0) is 43.7 Å². The molecule has 0 aliphatic carbocycles. The lowest BCUT2D eigenvalue weighted by Gasteiger charge is -2.18. The van der Waals surface area contributed by atoms with Gasteiger partial charge in [-0.1, -0.05) is 24.3 Å². The minimum atomic E-state index is 0.141. The van der Waals surface area contributed by atoms with Crippen LogP contribution in [0.15, 0.2) is 48.5 Å². The summed E-state index contributed by atoms with van der Waals surface area (Å²) in [6.45, 7) is 4.70. The lowest BCUT2D eigenvalue weighted by Crippen LogP contribution is -2.08. The van der Waals surface area contributed by atoms with E-state index in [-0.39, 0.29) is 11.8 Å². The number of aromatic hydroxyl groups is 1. The first-order valence-corrected chi connectivity index (χ1v) is 6.48. The molecule has 1 atom stereocenters. The van der Waals surface area contributed by atoms with E-state index in [1.54, 1.807) is 12.1 Å². The van der Waals surface area contributed by atoms with Crippen molar-refractivity contribution in [3.05, 3.63) is 54.1 Å². The number of phenolic OH excluding ortho intramolecular Hbond substituents is 1. The maximum atomic E-state index is 9.30. The summed E-state index contributed by atoms with van der Waals surface area (Å²) >= 11 is 0. The monoisotopic (exact) mass is 257 g/mol. The highest BCUT2D eigenvalue weighted by Gasteiger charge is 2.08. The Balaban J connectivity index is 2.14. The number of rotatable bonds is 5. The summed E-state index contributed by atoms with van der Waals surface area (Å²) in [6, 6.07) is 15.3. The first-order chi connectivity index (χ1) is 9.20. The summed E-state index contributed by atoms with van der Waals surface area (Å²) in [5.74, 6) is 1.14. The van der Waals surface area contributed by atoms with Gasteiger partial charge in [-0.3, -0.25) is 0 Å². The highest BCUT2D eigenvalue weighted by molar-refractivity contribution is 5.57. The fourth-order valence-corrected chi connectivity index (χ4v) is 1.95. The molecule has 2 aromatic rings. The number of benzene rings is 2. The summed E-state index contributed by atoms with van der Waals surface area (Å²) in [5, 5.41) is 12.7. The molecule has 2 rings (SSSR count). The van der Waals surface area contributed by atoms with Crippen molar-refractivity contribution in [3.63, 3.8) is 0 Å². The Labute approximate surface area is 113 Å². The average molecular weight is 257 g/mol. The van der Waals surface area contributed by atoms with Crippen LogP contribution in [0.1, 0.15) is 25.5 Å². The minimum Gasteiger partial charge on any atom is -0.508 e. The van der Waals surface area contributed by atoms with E-state index in [0.717, 1.165) is 17.0 Å². The molecule has 2 N–H and O–H groups in total. The standard InChI is InChI=1S/C16H19NO2/c1-3-19-16-7-5-4-6-15(16)17-12(2)13-8-10-14(18)11-9-13/h4-12,17-18H,3H2,1-2H3. The molecule has 100 valence electrons. The Morgan fingerprint density at radius 3 is 2.47 bits per heavy atom. The minimum absolute atomic E-state index is 0.141. The zero-order valence-electron chi connectivity index (χ0n) is 11.3. The molecule has 2 aromatic carbocycles. The largest absolute Gasteiger partial charge is 0.508 e. The summed E-state index contributed by atoms with van der Waals surface area (Å²) in [5.41, 5.74) is 2.09. The van der Waals surface area contributed by atoms with Crippen LogP contribution >= 0.6 is 0 Å². The van der Waals surface area contributed by atoms with Crippen LogP contribution in [-0.2, 0) is 0 Å². The number of ether oxygens (including phenoxy) is 1. The third-order valence-corrected chi connectivity index (χ3v) is 2.95. The molecule has 0 amide bonds. The van der Waals surface area contributed by atoms with Gasteiger partial charge in [0.05, 0.1) is 12.3 Å². The Kier molecular flexibility index (Phi) is 4.29. The maximum absolute atomic E-state index is 9.30. The molecule has 0 fully saturated rings.